The number of aromatic hydroxyl groups is 1. The van der Waals surface area contributed by atoms with E-state index >= 15 is 0 Å². The monoisotopic (exact) mass is 520 g/mol. The summed E-state index contributed by atoms with van der Waals surface area (Å²) in [5.41, 5.74) is 0.742. The van der Waals surface area contributed by atoms with E-state index in [4.69, 9.17) is 28.4 Å². The number of methoxy groups -OCH3 is 3. The molecule has 0 saturated carbocycles. The summed E-state index contributed by atoms with van der Waals surface area (Å²) in [5.74, 6) is -1.31. The van der Waals surface area contributed by atoms with Crippen LogP contribution in [-0.4, -0.2) is 91.0 Å². The first kappa shape index (κ1) is 27.7. The third kappa shape index (κ3) is 6.68. The van der Waals surface area contributed by atoms with Crippen molar-refractivity contribution in [2.75, 3.05) is 27.9 Å². The number of hydrogen-bond donors (Lipinski definition) is 4. The lowest BCUT2D eigenvalue weighted by Gasteiger charge is -2.40. The van der Waals surface area contributed by atoms with Gasteiger partial charge in [0.05, 0.1) is 26.9 Å². The number of hydrogen-bond acceptors (Lipinski definition) is 12. The van der Waals surface area contributed by atoms with Crippen molar-refractivity contribution in [3.8, 4) is 23.0 Å². The predicted molar refractivity (Wildman–Crippen MR) is 126 cm³/mol. The molecular weight excluding hydrogens is 492 g/mol. The van der Waals surface area contributed by atoms with Crippen molar-refractivity contribution in [3.63, 3.8) is 0 Å². The van der Waals surface area contributed by atoms with Crippen molar-refractivity contribution in [2.45, 2.75) is 30.7 Å². The maximum absolute atomic E-state index is 12.1. The Bertz CT molecular complexity index is 1090. The van der Waals surface area contributed by atoms with Crippen LogP contribution in [-0.2, 0) is 19.0 Å². The van der Waals surface area contributed by atoms with Crippen molar-refractivity contribution >= 4 is 18.0 Å². The zero-order valence-corrected chi connectivity index (χ0v) is 20.3. The topological polar surface area (TPSA) is 170 Å². The molecule has 2 aromatic rings. The fraction of sp³-hybridized carbons (Fsp3) is 0.360. The summed E-state index contributed by atoms with van der Waals surface area (Å²) in [6.45, 7) is -0.473. The Balaban J connectivity index is 1.72. The molecule has 37 heavy (non-hydrogen) atoms. The molecule has 0 aliphatic carbocycles. The van der Waals surface area contributed by atoms with E-state index in [-0.39, 0.29) is 28.6 Å². The number of ether oxygens (including phenoxy) is 6. The standard InChI is InChI=1S/C25H28O12/c1-32-16-10-14(24(31)34-3)11-17(33-2)23(16)37-25-22(30)21(29)20(28)18(36-25)12-35-19(27)9-6-13-4-7-15(26)8-5-13/h4-11,18,20-22,25-26,28-30H,12H2,1-3H3/t18-,20-,21+,22-,25+/m1/s1. The van der Waals surface area contributed by atoms with E-state index in [1.165, 1.54) is 51.7 Å². The molecular formula is C25H28O12. The maximum Gasteiger partial charge on any atom is 0.338 e. The zero-order chi connectivity index (χ0) is 27.1. The fourth-order valence-electron chi connectivity index (χ4n) is 3.46. The highest BCUT2D eigenvalue weighted by molar-refractivity contribution is 5.91. The van der Waals surface area contributed by atoms with Crippen LogP contribution >= 0.6 is 0 Å². The van der Waals surface area contributed by atoms with Gasteiger partial charge in [-0.25, -0.2) is 9.59 Å². The average molecular weight is 520 g/mol. The van der Waals surface area contributed by atoms with Crippen LogP contribution in [0, 0.1) is 0 Å². The van der Waals surface area contributed by atoms with E-state index in [0.29, 0.717) is 5.56 Å². The minimum absolute atomic E-state index is 0.0403. The number of carbonyl (C=O) groups excluding carboxylic acids is 2. The lowest BCUT2D eigenvalue weighted by atomic mass is 9.99. The highest BCUT2D eigenvalue weighted by atomic mass is 16.7. The Morgan fingerprint density at radius 2 is 1.57 bits per heavy atom. The highest BCUT2D eigenvalue weighted by Crippen LogP contribution is 2.40. The first-order chi connectivity index (χ1) is 17.7. The summed E-state index contributed by atoms with van der Waals surface area (Å²) < 4.78 is 31.7. The van der Waals surface area contributed by atoms with Crippen molar-refractivity contribution in [1.82, 2.24) is 0 Å². The summed E-state index contributed by atoms with van der Waals surface area (Å²) in [6.07, 6.45) is -5.22. The van der Waals surface area contributed by atoms with Crippen molar-refractivity contribution in [3.05, 3.63) is 53.6 Å². The first-order valence-corrected chi connectivity index (χ1v) is 11.0. The lowest BCUT2D eigenvalue weighted by Crippen LogP contribution is -2.60. The molecule has 4 N–H and O–H groups in total. The second-order valence-corrected chi connectivity index (χ2v) is 7.89. The van der Waals surface area contributed by atoms with Crippen LogP contribution in [0.2, 0.25) is 0 Å². The number of esters is 2. The fourth-order valence-corrected chi connectivity index (χ4v) is 3.46. The normalized spacial score (nSPS) is 23.4. The van der Waals surface area contributed by atoms with E-state index in [1.807, 2.05) is 0 Å². The molecule has 0 bridgehead atoms. The smallest absolute Gasteiger partial charge is 0.338 e. The van der Waals surface area contributed by atoms with Gasteiger partial charge in [-0.2, -0.15) is 0 Å². The van der Waals surface area contributed by atoms with Crippen LogP contribution in [0.5, 0.6) is 23.0 Å². The van der Waals surface area contributed by atoms with Gasteiger partial charge in [0.15, 0.2) is 11.5 Å². The molecule has 0 unspecified atom stereocenters. The first-order valence-electron chi connectivity index (χ1n) is 11.0. The third-order valence-corrected chi connectivity index (χ3v) is 5.48. The van der Waals surface area contributed by atoms with Gasteiger partial charge >= 0.3 is 11.9 Å². The van der Waals surface area contributed by atoms with Gasteiger partial charge in [-0.3, -0.25) is 0 Å². The zero-order valence-electron chi connectivity index (χ0n) is 20.3. The minimum Gasteiger partial charge on any atom is -0.508 e. The second kappa shape index (κ2) is 12.4. The average Bonchev–Trinajstić information content (AvgIpc) is 2.91. The van der Waals surface area contributed by atoms with E-state index in [2.05, 4.69) is 0 Å². The van der Waals surface area contributed by atoms with E-state index in [1.54, 1.807) is 12.1 Å². The number of phenolic OH excluding ortho intramolecular Hbond substituents is 1. The SMILES string of the molecule is COC(=O)c1cc(OC)c(O[C@@H]2O[C@H](COC(=O)C=Cc3ccc(O)cc3)[C@@H](O)[C@H](O)[C@H]2O)c(OC)c1. The number of aliphatic hydroxyl groups is 3. The number of aliphatic hydroxyl groups excluding tert-OH is 3. The van der Waals surface area contributed by atoms with Crippen LogP contribution in [0.1, 0.15) is 15.9 Å². The lowest BCUT2D eigenvalue weighted by molar-refractivity contribution is -0.278. The molecule has 0 amide bonds. The van der Waals surface area contributed by atoms with E-state index < -0.39 is 49.3 Å². The van der Waals surface area contributed by atoms with E-state index in [9.17, 15) is 30.0 Å². The molecule has 1 heterocycles. The molecule has 1 fully saturated rings. The molecule has 0 aromatic heterocycles. The largest absolute Gasteiger partial charge is 0.508 e. The van der Waals surface area contributed by atoms with Crippen molar-refractivity contribution in [1.29, 1.82) is 0 Å². The van der Waals surface area contributed by atoms with Gasteiger partial charge in [0, 0.05) is 6.08 Å². The molecule has 12 heteroatoms. The molecule has 2 aromatic carbocycles. The number of carbonyl (C=O) groups is 2. The van der Waals surface area contributed by atoms with Crippen LogP contribution in [0.4, 0.5) is 0 Å². The maximum atomic E-state index is 12.1. The number of phenols is 1. The van der Waals surface area contributed by atoms with Gasteiger partial charge in [0.2, 0.25) is 12.0 Å². The Hall–Kier alpha value is -3.84. The Morgan fingerprint density at radius 3 is 2.14 bits per heavy atom. The molecule has 3 rings (SSSR count). The Labute approximate surface area is 212 Å². The van der Waals surface area contributed by atoms with Gasteiger partial charge in [-0.05, 0) is 35.9 Å². The molecule has 0 spiro atoms. The summed E-state index contributed by atoms with van der Waals surface area (Å²) in [7, 11) is 3.83. The quantitative estimate of drug-likeness (QED) is 0.269. The molecule has 12 nitrogen and oxygen atoms in total. The molecule has 1 aliphatic heterocycles. The van der Waals surface area contributed by atoms with Crippen LogP contribution < -0.4 is 14.2 Å². The van der Waals surface area contributed by atoms with E-state index in [0.717, 1.165) is 6.08 Å². The minimum atomic E-state index is -1.71. The second-order valence-electron chi connectivity index (χ2n) is 7.89. The molecule has 1 saturated heterocycles. The van der Waals surface area contributed by atoms with Gasteiger partial charge in [-0.1, -0.05) is 12.1 Å². The number of rotatable bonds is 9. The molecule has 200 valence electrons. The van der Waals surface area contributed by atoms with Gasteiger partial charge < -0.3 is 48.8 Å². The van der Waals surface area contributed by atoms with Crippen LogP contribution in [0.15, 0.2) is 42.5 Å². The molecule has 0 radical (unpaired) electrons. The summed E-state index contributed by atoms with van der Waals surface area (Å²) in [5, 5.41) is 40.4. The van der Waals surface area contributed by atoms with Crippen molar-refractivity contribution < 1.29 is 58.4 Å². The van der Waals surface area contributed by atoms with Crippen LogP contribution in [0.3, 0.4) is 0 Å². The predicted octanol–water partition coefficient (Wildman–Crippen LogP) is 0.639. The van der Waals surface area contributed by atoms with Gasteiger partial charge in [-0.15, -0.1) is 0 Å². The van der Waals surface area contributed by atoms with Crippen LogP contribution in [0.25, 0.3) is 6.08 Å². The third-order valence-electron chi connectivity index (χ3n) is 5.48. The Kier molecular flexibility index (Phi) is 9.31. The number of benzene rings is 2. The summed E-state index contributed by atoms with van der Waals surface area (Å²) >= 11 is 0. The van der Waals surface area contributed by atoms with Gasteiger partial charge in [0.1, 0.15) is 36.8 Å². The highest BCUT2D eigenvalue weighted by Gasteiger charge is 2.46. The van der Waals surface area contributed by atoms with Gasteiger partial charge in [0.25, 0.3) is 0 Å². The molecule has 5 atom stereocenters. The summed E-state index contributed by atoms with van der Waals surface area (Å²) in [6, 6.07) is 8.74. The summed E-state index contributed by atoms with van der Waals surface area (Å²) in [4.78, 5) is 24.1. The van der Waals surface area contributed by atoms with Crippen molar-refractivity contribution in [2.24, 2.45) is 0 Å². The Morgan fingerprint density at radius 1 is 0.946 bits per heavy atom. The molecule has 1 aliphatic rings.